The first-order valence-corrected chi connectivity index (χ1v) is 10.8. The fraction of sp³-hybridized carbons (Fsp3) is 0.348. The van der Waals surface area contributed by atoms with Crippen LogP contribution in [0.1, 0.15) is 23.8 Å². The van der Waals surface area contributed by atoms with E-state index < -0.39 is 46.6 Å². The molecule has 4 heterocycles. The summed E-state index contributed by atoms with van der Waals surface area (Å²) in [6.07, 6.45) is 1.92. The van der Waals surface area contributed by atoms with Crippen LogP contribution >= 0.6 is 0 Å². The molecule has 3 N–H and O–H groups in total. The minimum Gasteiger partial charge on any atom is -0.404 e. The van der Waals surface area contributed by atoms with E-state index in [1.807, 2.05) is 30.0 Å². The van der Waals surface area contributed by atoms with Gasteiger partial charge >= 0.3 is 11.9 Å². The Kier molecular flexibility index (Phi) is 5.10. The summed E-state index contributed by atoms with van der Waals surface area (Å²) < 4.78 is 5.34. The lowest BCUT2D eigenvalue weighted by Gasteiger charge is -2.53. The van der Waals surface area contributed by atoms with Crippen molar-refractivity contribution in [2.75, 3.05) is 0 Å². The SMILES string of the molecule is CC1C2C(c3ccc(CO)cc3)=CC(C3C(=O)N(C(N)=O)C(=O)C23)N1Cc1ccc([N+](=O)[O-])o1. The molecule has 1 aromatic heterocycles. The van der Waals surface area contributed by atoms with Gasteiger partial charge in [-0.25, -0.2) is 4.79 Å². The van der Waals surface area contributed by atoms with Crippen molar-refractivity contribution in [2.24, 2.45) is 23.5 Å². The van der Waals surface area contributed by atoms with Crippen LogP contribution in [0.3, 0.4) is 0 Å². The average molecular weight is 466 g/mol. The van der Waals surface area contributed by atoms with E-state index in [1.54, 1.807) is 12.1 Å². The molecule has 4 amide bonds. The third-order valence-electron chi connectivity index (χ3n) is 7.14. The summed E-state index contributed by atoms with van der Waals surface area (Å²) in [5, 5.41) is 20.4. The molecule has 5 atom stereocenters. The second-order valence-electron chi connectivity index (χ2n) is 8.81. The van der Waals surface area contributed by atoms with Gasteiger partial charge in [0.25, 0.3) is 0 Å². The van der Waals surface area contributed by atoms with Gasteiger partial charge < -0.3 is 15.3 Å². The van der Waals surface area contributed by atoms with E-state index in [1.165, 1.54) is 12.1 Å². The van der Waals surface area contributed by atoms with Gasteiger partial charge in [-0.2, -0.15) is 4.90 Å². The number of imide groups is 3. The Hall–Kier alpha value is -3.83. The van der Waals surface area contributed by atoms with Crippen molar-refractivity contribution in [3.8, 4) is 0 Å². The molecule has 2 aromatic rings. The summed E-state index contributed by atoms with van der Waals surface area (Å²) in [6, 6.07) is 8.17. The van der Waals surface area contributed by atoms with Gasteiger partial charge in [-0.05, 0) is 29.7 Å². The minimum absolute atomic E-state index is 0.101. The summed E-state index contributed by atoms with van der Waals surface area (Å²) in [6.45, 7) is 2.01. The third-order valence-corrected chi connectivity index (χ3v) is 7.14. The fourth-order valence-electron chi connectivity index (χ4n) is 5.67. The number of hydrogen-bond donors (Lipinski definition) is 2. The number of rotatable bonds is 5. The Morgan fingerprint density at radius 1 is 1.12 bits per heavy atom. The number of urea groups is 1. The fourth-order valence-corrected chi connectivity index (χ4v) is 5.67. The zero-order chi connectivity index (χ0) is 24.3. The number of aliphatic hydroxyl groups is 1. The number of amides is 4. The highest BCUT2D eigenvalue weighted by Gasteiger charge is 2.63. The number of carbonyl (C=O) groups is 3. The molecular formula is C23H22N4O7. The Balaban J connectivity index is 1.57. The van der Waals surface area contributed by atoms with E-state index in [2.05, 4.69) is 0 Å². The molecule has 34 heavy (non-hydrogen) atoms. The number of carbonyl (C=O) groups excluding carboxylic acids is 3. The molecule has 2 bridgehead atoms. The van der Waals surface area contributed by atoms with Crippen LogP contribution in [-0.4, -0.2) is 49.8 Å². The topological polar surface area (TPSA) is 160 Å². The third kappa shape index (κ3) is 3.16. The maximum absolute atomic E-state index is 13.2. The van der Waals surface area contributed by atoms with E-state index in [0.29, 0.717) is 10.7 Å². The van der Waals surface area contributed by atoms with Crippen LogP contribution < -0.4 is 5.73 Å². The first kappa shape index (κ1) is 22.0. The van der Waals surface area contributed by atoms with E-state index in [4.69, 9.17) is 10.2 Å². The molecule has 0 spiro atoms. The van der Waals surface area contributed by atoms with Crippen molar-refractivity contribution in [1.29, 1.82) is 0 Å². The molecule has 3 aliphatic heterocycles. The average Bonchev–Trinajstić information content (AvgIpc) is 3.39. The smallest absolute Gasteiger partial charge is 0.404 e. The van der Waals surface area contributed by atoms with E-state index in [9.17, 15) is 29.6 Å². The van der Waals surface area contributed by atoms with Crippen LogP contribution in [-0.2, 0) is 22.7 Å². The quantitative estimate of drug-likeness (QED) is 0.382. The molecule has 0 radical (unpaired) electrons. The van der Waals surface area contributed by atoms with Gasteiger partial charge in [-0.15, -0.1) is 0 Å². The van der Waals surface area contributed by atoms with Crippen LogP contribution in [0.4, 0.5) is 10.7 Å². The molecule has 1 aromatic carbocycles. The van der Waals surface area contributed by atoms with Crippen LogP contribution in [0.15, 0.2) is 46.9 Å². The molecule has 1 aliphatic carbocycles. The predicted octanol–water partition coefficient (Wildman–Crippen LogP) is 1.65. The first-order valence-electron chi connectivity index (χ1n) is 10.8. The number of hydrogen-bond acceptors (Lipinski definition) is 8. The summed E-state index contributed by atoms with van der Waals surface area (Å²) in [5.74, 6) is -3.24. The Labute approximate surface area is 193 Å². The molecule has 2 saturated heterocycles. The first-order chi connectivity index (χ1) is 16.2. The van der Waals surface area contributed by atoms with Gasteiger partial charge in [0.15, 0.2) is 0 Å². The van der Waals surface area contributed by atoms with Gasteiger partial charge in [0, 0.05) is 18.0 Å². The summed E-state index contributed by atoms with van der Waals surface area (Å²) in [4.78, 5) is 51.1. The van der Waals surface area contributed by atoms with Crippen LogP contribution in [0, 0.1) is 27.9 Å². The number of nitrogens with two attached hydrogens (primary N) is 1. The molecule has 176 valence electrons. The maximum Gasteiger partial charge on any atom is 0.433 e. The number of fused-ring (bicyclic) bond motifs is 1. The highest BCUT2D eigenvalue weighted by molar-refractivity contribution is 6.17. The van der Waals surface area contributed by atoms with Crippen molar-refractivity contribution in [3.05, 3.63) is 69.5 Å². The molecular weight excluding hydrogens is 444 g/mol. The lowest BCUT2D eigenvalue weighted by Crippen LogP contribution is -2.61. The van der Waals surface area contributed by atoms with E-state index in [-0.39, 0.29) is 25.1 Å². The number of benzene rings is 1. The largest absolute Gasteiger partial charge is 0.433 e. The lowest BCUT2D eigenvalue weighted by molar-refractivity contribution is -0.402. The van der Waals surface area contributed by atoms with Crippen LogP contribution in [0.2, 0.25) is 0 Å². The standard InChI is InChI=1S/C23H22N4O7/c1-11-18-15(13-4-2-12(10-28)3-5-13)8-16(19-20(18)22(30)26(21(19)29)23(24)31)25(11)9-14-6-7-17(34-14)27(32)33/h2-8,11,16,18-20,28H,9-10H2,1H3,(H2,24,31). The molecule has 11 nitrogen and oxygen atoms in total. The van der Waals surface area contributed by atoms with Crippen LogP contribution in [0.5, 0.6) is 0 Å². The van der Waals surface area contributed by atoms with E-state index >= 15 is 0 Å². The molecule has 0 saturated carbocycles. The van der Waals surface area contributed by atoms with Crippen LogP contribution in [0.25, 0.3) is 5.57 Å². The number of piperidine rings is 1. The Morgan fingerprint density at radius 3 is 2.38 bits per heavy atom. The molecule has 6 rings (SSSR count). The van der Waals surface area contributed by atoms with E-state index in [0.717, 1.165) is 16.7 Å². The zero-order valence-corrected chi connectivity index (χ0v) is 18.2. The number of primary amides is 1. The van der Waals surface area contributed by atoms with Gasteiger partial charge in [-0.1, -0.05) is 30.3 Å². The Morgan fingerprint density at radius 2 is 1.79 bits per heavy atom. The van der Waals surface area contributed by atoms with Crippen molar-refractivity contribution in [1.82, 2.24) is 9.80 Å². The van der Waals surface area contributed by atoms with Gasteiger partial charge in [-0.3, -0.25) is 24.6 Å². The molecule has 4 aliphatic rings. The number of nitrogens with zero attached hydrogens (tertiary/aromatic N) is 3. The predicted molar refractivity (Wildman–Crippen MR) is 116 cm³/mol. The lowest BCUT2D eigenvalue weighted by atomic mass is 9.62. The maximum atomic E-state index is 13.2. The number of furan rings is 1. The van der Waals surface area contributed by atoms with Gasteiger partial charge in [0.1, 0.15) is 10.7 Å². The summed E-state index contributed by atoms with van der Waals surface area (Å²) >= 11 is 0. The second-order valence-corrected chi connectivity index (χ2v) is 8.81. The highest BCUT2D eigenvalue weighted by Crippen LogP contribution is 2.53. The summed E-state index contributed by atoms with van der Waals surface area (Å²) in [7, 11) is 0. The highest BCUT2D eigenvalue weighted by atomic mass is 16.6. The molecule has 2 fully saturated rings. The second kappa shape index (κ2) is 7.89. The molecule has 11 heteroatoms. The molecule has 5 unspecified atom stereocenters. The van der Waals surface area contributed by atoms with Gasteiger partial charge in [0.2, 0.25) is 11.8 Å². The number of nitro groups is 1. The van der Waals surface area contributed by atoms with Crippen molar-refractivity contribution < 1.29 is 28.8 Å². The number of likely N-dealkylation sites (tertiary alicyclic amines) is 1. The monoisotopic (exact) mass is 466 g/mol. The van der Waals surface area contributed by atoms with Crippen molar-refractivity contribution in [2.45, 2.75) is 32.2 Å². The minimum atomic E-state index is -1.10. The van der Waals surface area contributed by atoms with Crippen molar-refractivity contribution in [3.63, 3.8) is 0 Å². The number of aliphatic hydroxyl groups excluding tert-OH is 1. The van der Waals surface area contributed by atoms with Crippen molar-refractivity contribution >= 4 is 29.3 Å². The zero-order valence-electron chi connectivity index (χ0n) is 18.2. The summed E-state index contributed by atoms with van der Waals surface area (Å²) in [5.41, 5.74) is 7.82. The van der Waals surface area contributed by atoms with Gasteiger partial charge in [0.05, 0.1) is 31.1 Å². The normalized spacial score (nSPS) is 28.2. The Bertz CT molecular complexity index is 1230.